The molecule has 0 N–H and O–H groups in total. The molecule has 3 aliphatic carbocycles. The van der Waals surface area contributed by atoms with Crippen molar-refractivity contribution in [1.82, 2.24) is 4.57 Å². The molecule has 16 rings (SSSR count). The molecular weight excluding hydrogens is 921 g/mol. The summed E-state index contributed by atoms with van der Waals surface area (Å²) in [5, 5.41) is 2.44. The quantitative estimate of drug-likeness (QED) is 0.171. The van der Waals surface area contributed by atoms with Gasteiger partial charge in [-0.2, -0.15) is 0 Å². The maximum Gasteiger partial charge on any atom is 0.132 e. The van der Waals surface area contributed by atoms with E-state index >= 15 is 0 Å². The molecule has 0 saturated heterocycles. The zero-order chi connectivity index (χ0) is 50.7. The first-order valence-corrected chi connectivity index (χ1v) is 26.7. The van der Waals surface area contributed by atoms with Gasteiger partial charge in [0.05, 0.1) is 27.8 Å². The number of nitrogens with zero attached hydrogens (tertiary/aromatic N) is 2. The van der Waals surface area contributed by atoms with Crippen molar-refractivity contribution in [1.29, 1.82) is 0 Å². The average molecular weight is 973 g/mol. The molecular formula is C73H52N2O. The molecule has 0 radical (unpaired) electrons. The van der Waals surface area contributed by atoms with Gasteiger partial charge in [0.1, 0.15) is 11.5 Å². The normalized spacial score (nSPS) is 15.0. The van der Waals surface area contributed by atoms with Crippen LogP contribution in [0.15, 0.2) is 243 Å². The van der Waals surface area contributed by atoms with Crippen molar-refractivity contribution >= 4 is 38.9 Å². The van der Waals surface area contributed by atoms with Crippen molar-refractivity contribution in [3.63, 3.8) is 0 Å². The number of hydrogen-bond acceptors (Lipinski definition) is 2. The highest BCUT2D eigenvalue weighted by molar-refractivity contribution is 6.13. The van der Waals surface area contributed by atoms with E-state index in [1.807, 2.05) is 0 Å². The lowest BCUT2D eigenvalue weighted by atomic mass is 9.66. The second kappa shape index (κ2) is 15.4. The molecule has 4 aliphatic rings. The lowest BCUT2D eigenvalue weighted by Crippen LogP contribution is -2.32. The molecule has 1 spiro atoms. The van der Waals surface area contributed by atoms with Gasteiger partial charge in [-0.1, -0.05) is 198 Å². The summed E-state index contributed by atoms with van der Waals surface area (Å²) in [6.07, 6.45) is 0. The van der Waals surface area contributed by atoms with Gasteiger partial charge < -0.3 is 14.2 Å². The molecule has 0 amide bonds. The highest BCUT2D eigenvalue weighted by atomic mass is 16.5. The molecule has 1 aliphatic heterocycles. The second-order valence-corrected chi connectivity index (χ2v) is 22.3. The van der Waals surface area contributed by atoms with Crippen LogP contribution in [0, 0.1) is 0 Å². The van der Waals surface area contributed by atoms with Crippen LogP contribution in [0.25, 0.3) is 72.0 Å². The Bertz CT molecular complexity index is 4290. The van der Waals surface area contributed by atoms with E-state index in [0.29, 0.717) is 0 Å². The van der Waals surface area contributed by atoms with Crippen molar-refractivity contribution < 1.29 is 4.74 Å². The Morgan fingerprint density at radius 3 is 1.43 bits per heavy atom. The molecule has 0 fully saturated rings. The maximum atomic E-state index is 6.73. The molecule has 0 unspecified atom stereocenters. The maximum absolute atomic E-state index is 6.73. The molecule has 3 heteroatoms. The van der Waals surface area contributed by atoms with Crippen LogP contribution < -0.4 is 9.64 Å². The van der Waals surface area contributed by atoms with E-state index in [1.54, 1.807) is 0 Å². The topological polar surface area (TPSA) is 17.4 Å². The Kier molecular flexibility index (Phi) is 8.79. The van der Waals surface area contributed by atoms with Gasteiger partial charge in [-0.15, -0.1) is 0 Å². The van der Waals surface area contributed by atoms with E-state index in [9.17, 15) is 0 Å². The first-order valence-electron chi connectivity index (χ1n) is 26.7. The summed E-state index contributed by atoms with van der Waals surface area (Å²) in [4.78, 5) is 2.55. The molecule has 2 heterocycles. The minimum absolute atomic E-state index is 0.141. The number of hydrogen-bond donors (Lipinski definition) is 0. The van der Waals surface area contributed by atoms with Crippen molar-refractivity contribution in [2.75, 3.05) is 4.90 Å². The van der Waals surface area contributed by atoms with Crippen LogP contribution in [0.5, 0.6) is 11.5 Å². The summed E-state index contributed by atoms with van der Waals surface area (Å²) in [5.41, 5.74) is 26.6. The summed E-state index contributed by atoms with van der Waals surface area (Å²) >= 11 is 0. The van der Waals surface area contributed by atoms with E-state index in [0.717, 1.165) is 28.4 Å². The molecule has 76 heavy (non-hydrogen) atoms. The predicted molar refractivity (Wildman–Crippen MR) is 313 cm³/mol. The van der Waals surface area contributed by atoms with Crippen LogP contribution in [-0.2, 0) is 16.2 Å². The summed E-state index contributed by atoms with van der Waals surface area (Å²) < 4.78 is 9.19. The van der Waals surface area contributed by atoms with Crippen molar-refractivity contribution in [2.24, 2.45) is 0 Å². The number of aromatic nitrogens is 1. The Morgan fingerprint density at radius 2 is 0.829 bits per heavy atom. The van der Waals surface area contributed by atoms with Gasteiger partial charge in [-0.3, -0.25) is 0 Å². The first-order chi connectivity index (χ1) is 37.2. The predicted octanol–water partition coefficient (Wildman–Crippen LogP) is 19.0. The van der Waals surface area contributed by atoms with E-state index in [2.05, 4.69) is 280 Å². The average Bonchev–Trinajstić information content (AvgIpc) is 4.31. The van der Waals surface area contributed by atoms with E-state index in [1.165, 1.54) is 117 Å². The standard InChI is InChI=1S/C73H52N2O/c1-71(2)55-25-11-9-23-50(55)69-60(71)30-18-32-64(69)75(65-33-19-31-61-70(65)51-24-10-12-26-56(51)72(61,3)4)48-39-36-45(37-40-48)46-38-41-63-53(42-46)54-43-62-52(44-66(54)74(63)47-20-6-5-7-21-47)49-22-8-13-27-57(49)73(62)58-28-14-16-34-67(58)76-68-35-17-15-29-59(68)73/h5-44H,1-4H3. The molecule has 0 saturated carbocycles. The SMILES string of the molecule is CC1(C)c2ccccc2-c2c(N(c3ccc(-c4ccc5c(c4)c4cc6c(cc4n5-c4ccccc4)-c4ccccc4C64c5ccccc5Oc5ccccc54)cc3)c3cccc4c3-c3ccccc3C4(C)C)cccc21. The van der Waals surface area contributed by atoms with Gasteiger partial charge in [0.25, 0.3) is 0 Å². The van der Waals surface area contributed by atoms with Gasteiger partial charge in [0.15, 0.2) is 0 Å². The van der Waals surface area contributed by atoms with Gasteiger partial charge in [-0.25, -0.2) is 0 Å². The third-order valence-electron chi connectivity index (χ3n) is 17.9. The van der Waals surface area contributed by atoms with Crippen LogP contribution in [0.1, 0.15) is 72.2 Å². The van der Waals surface area contributed by atoms with Crippen LogP contribution in [0.4, 0.5) is 17.1 Å². The Labute approximate surface area is 443 Å². The fourth-order valence-corrected chi connectivity index (χ4v) is 14.5. The summed E-state index contributed by atoms with van der Waals surface area (Å²) in [7, 11) is 0. The lowest BCUT2D eigenvalue weighted by Gasteiger charge is -2.39. The van der Waals surface area contributed by atoms with Gasteiger partial charge >= 0.3 is 0 Å². The number of anilines is 3. The first kappa shape index (κ1) is 43.2. The summed E-state index contributed by atoms with van der Waals surface area (Å²) in [5.74, 6) is 1.80. The van der Waals surface area contributed by atoms with Crippen molar-refractivity contribution in [3.8, 4) is 61.7 Å². The van der Waals surface area contributed by atoms with Crippen LogP contribution >= 0.6 is 0 Å². The molecule has 11 aromatic carbocycles. The lowest BCUT2D eigenvalue weighted by molar-refractivity contribution is 0.436. The number of fused-ring (bicyclic) bond motifs is 18. The number of ether oxygens (including phenoxy) is 1. The zero-order valence-electron chi connectivity index (χ0n) is 42.9. The minimum Gasteiger partial charge on any atom is -0.457 e. The Morgan fingerprint density at radius 1 is 0.342 bits per heavy atom. The summed E-state index contributed by atoms with van der Waals surface area (Å²) in [6, 6.07) is 90.5. The molecule has 0 atom stereocenters. The van der Waals surface area contributed by atoms with E-state index < -0.39 is 5.41 Å². The third kappa shape index (κ3) is 5.62. The number of para-hydroxylation sites is 3. The van der Waals surface area contributed by atoms with E-state index in [-0.39, 0.29) is 10.8 Å². The third-order valence-corrected chi connectivity index (χ3v) is 17.9. The number of benzene rings is 11. The van der Waals surface area contributed by atoms with Crippen molar-refractivity contribution in [2.45, 2.75) is 43.9 Å². The fraction of sp³-hybridized carbons (Fsp3) is 0.0959. The molecule has 3 nitrogen and oxygen atoms in total. The van der Waals surface area contributed by atoms with E-state index in [4.69, 9.17) is 4.74 Å². The zero-order valence-corrected chi connectivity index (χ0v) is 42.9. The second-order valence-electron chi connectivity index (χ2n) is 22.3. The molecule has 1 aromatic heterocycles. The van der Waals surface area contributed by atoms with Crippen LogP contribution in [-0.4, -0.2) is 4.57 Å². The van der Waals surface area contributed by atoms with Gasteiger partial charge in [-0.05, 0) is 140 Å². The highest BCUT2D eigenvalue weighted by Crippen LogP contribution is 2.63. The molecule has 0 bridgehead atoms. The minimum atomic E-state index is -0.570. The van der Waals surface area contributed by atoms with Crippen LogP contribution in [0.2, 0.25) is 0 Å². The smallest absolute Gasteiger partial charge is 0.132 e. The van der Waals surface area contributed by atoms with Gasteiger partial charge in [0, 0.05) is 55.2 Å². The van der Waals surface area contributed by atoms with Crippen molar-refractivity contribution in [3.05, 3.63) is 287 Å². The summed E-state index contributed by atoms with van der Waals surface area (Å²) in [6.45, 7) is 9.50. The van der Waals surface area contributed by atoms with Gasteiger partial charge in [0.2, 0.25) is 0 Å². The highest BCUT2D eigenvalue weighted by Gasteiger charge is 2.51. The Hall–Kier alpha value is -9.18. The Balaban J connectivity index is 0.906. The fourth-order valence-electron chi connectivity index (χ4n) is 14.5. The largest absolute Gasteiger partial charge is 0.457 e. The molecule has 12 aromatic rings. The number of rotatable bonds is 5. The monoisotopic (exact) mass is 972 g/mol. The van der Waals surface area contributed by atoms with Crippen LogP contribution in [0.3, 0.4) is 0 Å². The molecule has 360 valence electrons.